The molecule has 3 aromatic rings. The van der Waals surface area contributed by atoms with Crippen LogP contribution in [-0.2, 0) is 16.6 Å². The molecule has 2 aliphatic carbocycles. The van der Waals surface area contributed by atoms with E-state index in [0.717, 1.165) is 71.7 Å². The average Bonchev–Trinajstić information content (AvgIpc) is 3.47. The number of fused-ring (bicyclic) bond motifs is 3. The van der Waals surface area contributed by atoms with Crippen LogP contribution < -0.4 is 10.6 Å². The summed E-state index contributed by atoms with van der Waals surface area (Å²) >= 11 is 0. The summed E-state index contributed by atoms with van der Waals surface area (Å²) in [5.41, 5.74) is 6.45. The molecule has 2 fully saturated rings. The molecule has 0 spiro atoms. The van der Waals surface area contributed by atoms with E-state index in [1.165, 1.54) is 24.8 Å². The molecule has 8 heteroatoms. The fraction of sp³-hybridized carbons (Fsp3) is 0.438. The van der Waals surface area contributed by atoms with Crippen molar-refractivity contribution >= 4 is 39.9 Å². The Morgan fingerprint density at radius 3 is 2.40 bits per heavy atom. The van der Waals surface area contributed by atoms with Gasteiger partial charge in [0.1, 0.15) is 17.8 Å². The van der Waals surface area contributed by atoms with Gasteiger partial charge in [0, 0.05) is 49.9 Å². The fourth-order valence-corrected chi connectivity index (χ4v) is 6.97. The van der Waals surface area contributed by atoms with Gasteiger partial charge in [-0.1, -0.05) is 24.8 Å². The second kappa shape index (κ2) is 10.6. The quantitative estimate of drug-likeness (QED) is 0.397. The Morgan fingerprint density at radius 1 is 1.05 bits per heavy atom. The average molecular weight is 539 g/mol. The highest BCUT2D eigenvalue weighted by Crippen LogP contribution is 2.44. The van der Waals surface area contributed by atoms with Gasteiger partial charge in [-0.25, -0.2) is 9.97 Å². The summed E-state index contributed by atoms with van der Waals surface area (Å²) in [7, 11) is 3.91. The van der Waals surface area contributed by atoms with Gasteiger partial charge in [-0.2, -0.15) is 0 Å². The molecule has 40 heavy (non-hydrogen) atoms. The van der Waals surface area contributed by atoms with Crippen LogP contribution in [0.3, 0.4) is 0 Å². The van der Waals surface area contributed by atoms with Crippen LogP contribution in [0, 0.1) is 17.8 Å². The summed E-state index contributed by atoms with van der Waals surface area (Å²) in [5, 5.41) is 7.13. The predicted octanol–water partition coefficient (Wildman–Crippen LogP) is 5.63. The van der Waals surface area contributed by atoms with Crippen molar-refractivity contribution in [2.24, 2.45) is 24.8 Å². The van der Waals surface area contributed by atoms with Crippen molar-refractivity contribution in [3.8, 4) is 11.3 Å². The topological polar surface area (TPSA) is 92.2 Å². The first-order chi connectivity index (χ1) is 19.3. The summed E-state index contributed by atoms with van der Waals surface area (Å²) in [6.07, 6.45) is 10.2. The lowest BCUT2D eigenvalue weighted by atomic mass is 9.83. The van der Waals surface area contributed by atoms with Crippen LogP contribution in [0.4, 0.5) is 11.5 Å². The molecular formula is C32H38N6O2. The van der Waals surface area contributed by atoms with Crippen molar-refractivity contribution in [3.63, 3.8) is 0 Å². The lowest BCUT2D eigenvalue weighted by Crippen LogP contribution is -2.44. The van der Waals surface area contributed by atoms with Crippen LogP contribution in [0.15, 0.2) is 48.8 Å². The molecule has 208 valence electrons. The molecule has 1 aromatic carbocycles. The first-order valence-electron chi connectivity index (χ1n) is 14.4. The molecule has 3 aliphatic rings. The Morgan fingerprint density at radius 2 is 1.77 bits per heavy atom. The third-order valence-electron chi connectivity index (χ3n) is 9.01. The van der Waals surface area contributed by atoms with Gasteiger partial charge in [-0.05, 0) is 80.6 Å². The molecule has 2 N–H and O–H groups in total. The number of nitrogens with one attached hydrogen (secondary N) is 2. The number of hydrogen-bond acceptors (Lipinski definition) is 5. The lowest BCUT2D eigenvalue weighted by molar-refractivity contribution is -0.137. The fourth-order valence-electron chi connectivity index (χ4n) is 6.97. The van der Waals surface area contributed by atoms with Crippen molar-refractivity contribution < 1.29 is 9.59 Å². The van der Waals surface area contributed by atoms with Gasteiger partial charge in [-0.3, -0.25) is 9.59 Å². The summed E-state index contributed by atoms with van der Waals surface area (Å²) in [4.78, 5) is 37.0. The van der Waals surface area contributed by atoms with Crippen LogP contribution >= 0.6 is 0 Å². The van der Waals surface area contributed by atoms with Crippen molar-refractivity contribution in [1.29, 1.82) is 0 Å². The number of allylic oxidation sites excluding steroid dienone is 2. The second-order valence-electron chi connectivity index (χ2n) is 11.8. The molecular weight excluding hydrogens is 500 g/mol. The van der Waals surface area contributed by atoms with Gasteiger partial charge in [0.15, 0.2) is 0 Å². The zero-order valence-corrected chi connectivity index (χ0v) is 23.7. The van der Waals surface area contributed by atoms with E-state index in [9.17, 15) is 9.59 Å². The van der Waals surface area contributed by atoms with Crippen LogP contribution in [0.1, 0.15) is 51.0 Å². The van der Waals surface area contributed by atoms with Crippen molar-refractivity contribution in [3.05, 3.63) is 54.4 Å². The lowest BCUT2D eigenvalue weighted by Gasteiger charge is -2.35. The van der Waals surface area contributed by atoms with E-state index < -0.39 is 0 Å². The number of carbonyl (C=O) groups excluding carboxylic acids is 2. The summed E-state index contributed by atoms with van der Waals surface area (Å²) in [6, 6.07) is 7.88. The molecule has 2 amide bonds. The maximum atomic E-state index is 13.5. The van der Waals surface area contributed by atoms with E-state index in [1.54, 1.807) is 13.3 Å². The van der Waals surface area contributed by atoms with E-state index >= 15 is 0 Å². The van der Waals surface area contributed by atoms with Crippen molar-refractivity contribution in [2.75, 3.05) is 30.8 Å². The summed E-state index contributed by atoms with van der Waals surface area (Å²) < 4.78 is 2.12. The molecule has 6 rings (SSSR count). The van der Waals surface area contributed by atoms with Crippen molar-refractivity contribution in [2.45, 2.75) is 45.4 Å². The van der Waals surface area contributed by atoms with Crippen molar-refractivity contribution in [1.82, 2.24) is 19.4 Å². The van der Waals surface area contributed by atoms with Gasteiger partial charge in [0.2, 0.25) is 5.91 Å². The number of nitrogens with zero attached hydrogens (tertiary/aromatic N) is 4. The van der Waals surface area contributed by atoms with E-state index in [-0.39, 0.29) is 11.8 Å². The van der Waals surface area contributed by atoms with Crippen LogP contribution in [0.2, 0.25) is 0 Å². The first-order valence-corrected chi connectivity index (χ1v) is 14.4. The maximum Gasteiger partial charge on any atom is 0.250 e. The number of aryl methyl sites for hydroxylation is 1. The van der Waals surface area contributed by atoms with Gasteiger partial charge in [-0.15, -0.1) is 0 Å². The third-order valence-corrected chi connectivity index (χ3v) is 9.01. The third kappa shape index (κ3) is 4.69. The van der Waals surface area contributed by atoms with Gasteiger partial charge in [0.25, 0.3) is 5.91 Å². The molecule has 1 saturated carbocycles. The number of rotatable bonds is 6. The summed E-state index contributed by atoms with van der Waals surface area (Å²) in [5.74, 6) is 2.40. The highest BCUT2D eigenvalue weighted by Gasteiger charge is 2.37. The molecule has 2 bridgehead atoms. The van der Waals surface area contributed by atoms with Gasteiger partial charge >= 0.3 is 0 Å². The predicted molar refractivity (Wildman–Crippen MR) is 160 cm³/mol. The minimum Gasteiger partial charge on any atom is -0.372 e. The molecule has 0 radical (unpaired) electrons. The molecule has 1 aliphatic heterocycles. The number of benzene rings is 1. The molecule has 1 saturated heterocycles. The number of anilines is 2. The minimum atomic E-state index is -0.194. The number of piperidine rings is 1. The molecule has 8 nitrogen and oxygen atoms in total. The van der Waals surface area contributed by atoms with Gasteiger partial charge in [0.05, 0.1) is 11.1 Å². The largest absolute Gasteiger partial charge is 0.372 e. The van der Waals surface area contributed by atoms with Gasteiger partial charge < -0.3 is 20.1 Å². The Kier molecular flexibility index (Phi) is 6.94. The Bertz CT molecular complexity index is 1510. The molecule has 3 heterocycles. The summed E-state index contributed by atoms with van der Waals surface area (Å²) in [6.45, 7) is 7.30. The Balaban J connectivity index is 1.34. The van der Waals surface area contributed by atoms with E-state index in [2.05, 4.69) is 42.7 Å². The highest BCUT2D eigenvalue weighted by molar-refractivity contribution is 6.05. The maximum absolute atomic E-state index is 13.5. The van der Waals surface area contributed by atoms with E-state index in [4.69, 9.17) is 0 Å². The monoisotopic (exact) mass is 538 g/mol. The number of amides is 2. The van der Waals surface area contributed by atoms with Crippen LogP contribution in [0.25, 0.3) is 27.9 Å². The van der Waals surface area contributed by atoms with Crippen LogP contribution in [-0.4, -0.2) is 51.4 Å². The highest BCUT2D eigenvalue weighted by atomic mass is 16.2. The van der Waals surface area contributed by atoms with Crippen LogP contribution in [0.5, 0.6) is 0 Å². The number of carbonyl (C=O) groups is 2. The zero-order valence-electron chi connectivity index (χ0n) is 23.7. The standard InChI is InChI=1S/C32H38N6O2/c1-19(2)31(39)36-25-13-11-23(12-14-25)28-26(27-29(33-3)34-18-35-30(27)37(28)4)22-7-9-24(10-8-22)32(40)38-16-20-5-6-21(15-20)17-38/h7,11-14,18,20-21,24H,1,5-6,8-10,15-17H2,2-4H3,(H,36,39)(H,33,34,35)/t20?,21?,24-/m0/s1. The number of likely N-dealkylation sites (tertiary alicyclic amines) is 1. The first kappa shape index (κ1) is 26.3. The smallest absolute Gasteiger partial charge is 0.250 e. The Labute approximate surface area is 235 Å². The molecule has 2 aromatic heterocycles. The van der Waals surface area contributed by atoms with E-state index in [1.807, 2.05) is 38.4 Å². The Hall–Kier alpha value is -3.94. The molecule has 2 unspecified atom stereocenters. The number of hydrogen-bond donors (Lipinski definition) is 2. The van der Waals surface area contributed by atoms with E-state index in [0.29, 0.717) is 23.3 Å². The SMILES string of the molecule is C=C(C)C(=O)Nc1ccc(-c2c(C3=CC[C@H](C(=O)N4CC5CCC(C5)C4)CC3)c3c(NC)ncnc3n2C)cc1. The normalized spacial score (nSPS) is 22.2. The minimum absolute atomic E-state index is 0.0518. The second-order valence-corrected chi connectivity index (χ2v) is 11.8. The number of aromatic nitrogens is 3. The molecule has 3 atom stereocenters. The zero-order chi connectivity index (χ0) is 28.0.